The SMILES string of the molecule is CC(C)Cc1cccc(N(c2ccccc2)c2ccccc2)c1. The Bertz CT molecular complexity index is 693. The van der Waals surface area contributed by atoms with Crippen LogP contribution in [0.25, 0.3) is 0 Å². The molecule has 116 valence electrons. The monoisotopic (exact) mass is 301 g/mol. The lowest BCUT2D eigenvalue weighted by molar-refractivity contribution is 0.647. The molecular weight excluding hydrogens is 278 g/mol. The van der Waals surface area contributed by atoms with Crippen LogP contribution in [0.2, 0.25) is 0 Å². The highest BCUT2D eigenvalue weighted by Crippen LogP contribution is 2.34. The summed E-state index contributed by atoms with van der Waals surface area (Å²) in [7, 11) is 0. The maximum Gasteiger partial charge on any atom is 0.0464 e. The van der Waals surface area contributed by atoms with Gasteiger partial charge in [0, 0.05) is 17.1 Å². The molecule has 1 nitrogen and oxygen atoms in total. The van der Waals surface area contributed by atoms with Gasteiger partial charge in [-0.2, -0.15) is 0 Å². The molecule has 0 amide bonds. The van der Waals surface area contributed by atoms with E-state index >= 15 is 0 Å². The number of hydrogen-bond donors (Lipinski definition) is 0. The van der Waals surface area contributed by atoms with Crippen molar-refractivity contribution in [1.29, 1.82) is 0 Å². The molecule has 0 aliphatic heterocycles. The highest BCUT2D eigenvalue weighted by Gasteiger charge is 2.12. The van der Waals surface area contributed by atoms with Gasteiger partial charge in [-0.3, -0.25) is 0 Å². The Labute approximate surface area is 139 Å². The fraction of sp³-hybridized carbons (Fsp3) is 0.182. The molecule has 0 saturated heterocycles. The van der Waals surface area contributed by atoms with Crippen molar-refractivity contribution in [1.82, 2.24) is 0 Å². The normalized spacial score (nSPS) is 10.7. The van der Waals surface area contributed by atoms with Crippen LogP contribution in [0, 0.1) is 5.92 Å². The molecule has 1 heteroatoms. The van der Waals surface area contributed by atoms with Crippen molar-refractivity contribution in [2.24, 2.45) is 5.92 Å². The second-order valence-corrected chi connectivity index (χ2v) is 6.27. The van der Waals surface area contributed by atoms with Gasteiger partial charge < -0.3 is 4.90 Å². The van der Waals surface area contributed by atoms with Crippen LogP contribution in [-0.2, 0) is 6.42 Å². The average Bonchev–Trinajstić information content (AvgIpc) is 2.57. The zero-order valence-electron chi connectivity index (χ0n) is 13.8. The van der Waals surface area contributed by atoms with Gasteiger partial charge in [0.2, 0.25) is 0 Å². The Balaban J connectivity index is 2.06. The third-order valence-corrected chi connectivity index (χ3v) is 3.84. The summed E-state index contributed by atoms with van der Waals surface area (Å²) in [5.41, 5.74) is 4.95. The summed E-state index contributed by atoms with van der Waals surface area (Å²) in [6.07, 6.45) is 1.10. The van der Waals surface area contributed by atoms with Crippen LogP contribution >= 0.6 is 0 Å². The van der Waals surface area contributed by atoms with Crippen LogP contribution in [0.3, 0.4) is 0 Å². The predicted molar refractivity (Wildman–Crippen MR) is 99.7 cm³/mol. The summed E-state index contributed by atoms with van der Waals surface area (Å²) in [6.45, 7) is 4.53. The van der Waals surface area contributed by atoms with Crippen LogP contribution in [0.15, 0.2) is 84.9 Å². The molecule has 3 aromatic rings. The van der Waals surface area contributed by atoms with Gasteiger partial charge in [-0.1, -0.05) is 62.4 Å². The first-order valence-corrected chi connectivity index (χ1v) is 8.23. The quantitative estimate of drug-likeness (QED) is 0.530. The lowest BCUT2D eigenvalue weighted by atomic mass is 10.0. The lowest BCUT2D eigenvalue weighted by Crippen LogP contribution is -2.10. The largest absolute Gasteiger partial charge is 0.310 e. The first-order valence-electron chi connectivity index (χ1n) is 8.23. The number of nitrogens with zero attached hydrogens (tertiary/aromatic N) is 1. The van der Waals surface area contributed by atoms with E-state index in [-0.39, 0.29) is 0 Å². The van der Waals surface area contributed by atoms with Gasteiger partial charge in [0.05, 0.1) is 0 Å². The molecule has 0 aromatic heterocycles. The second kappa shape index (κ2) is 7.15. The zero-order valence-corrected chi connectivity index (χ0v) is 13.8. The van der Waals surface area contributed by atoms with E-state index in [2.05, 4.69) is 104 Å². The molecule has 0 bridgehead atoms. The van der Waals surface area contributed by atoms with E-state index in [1.807, 2.05) is 0 Å². The summed E-state index contributed by atoms with van der Waals surface area (Å²) in [4.78, 5) is 2.31. The molecule has 0 saturated carbocycles. The molecule has 23 heavy (non-hydrogen) atoms. The fourth-order valence-electron chi connectivity index (χ4n) is 2.90. The fourth-order valence-corrected chi connectivity index (χ4v) is 2.90. The maximum atomic E-state index is 2.31. The number of anilines is 3. The van der Waals surface area contributed by atoms with Crippen molar-refractivity contribution < 1.29 is 0 Å². The standard InChI is InChI=1S/C22H23N/c1-18(2)16-19-10-9-15-22(17-19)23(20-11-5-3-6-12-20)21-13-7-4-8-14-21/h3-15,17-18H,16H2,1-2H3. The highest BCUT2D eigenvalue weighted by atomic mass is 15.1. The highest BCUT2D eigenvalue weighted by molar-refractivity contribution is 5.76. The number of hydrogen-bond acceptors (Lipinski definition) is 1. The summed E-state index contributed by atoms with van der Waals surface area (Å²) in [5.74, 6) is 0.659. The summed E-state index contributed by atoms with van der Waals surface area (Å²) >= 11 is 0. The summed E-state index contributed by atoms with van der Waals surface area (Å²) in [5, 5.41) is 0. The Morgan fingerprint density at radius 2 is 1.17 bits per heavy atom. The Morgan fingerprint density at radius 1 is 0.652 bits per heavy atom. The first kappa shape index (κ1) is 15.4. The van der Waals surface area contributed by atoms with E-state index in [1.165, 1.54) is 22.6 Å². The Morgan fingerprint density at radius 3 is 1.70 bits per heavy atom. The second-order valence-electron chi connectivity index (χ2n) is 6.27. The van der Waals surface area contributed by atoms with E-state index < -0.39 is 0 Å². The van der Waals surface area contributed by atoms with Crippen molar-refractivity contribution in [3.63, 3.8) is 0 Å². The minimum absolute atomic E-state index is 0.659. The van der Waals surface area contributed by atoms with Crippen LogP contribution < -0.4 is 4.90 Å². The molecule has 0 heterocycles. The van der Waals surface area contributed by atoms with Gasteiger partial charge >= 0.3 is 0 Å². The molecule has 0 unspecified atom stereocenters. The third-order valence-electron chi connectivity index (χ3n) is 3.84. The molecule has 3 rings (SSSR count). The molecule has 0 fully saturated rings. The predicted octanol–water partition coefficient (Wildman–Crippen LogP) is 6.35. The van der Waals surface area contributed by atoms with E-state index in [0.29, 0.717) is 5.92 Å². The zero-order chi connectivity index (χ0) is 16.1. The molecule has 0 aliphatic carbocycles. The minimum Gasteiger partial charge on any atom is -0.310 e. The number of para-hydroxylation sites is 2. The first-order chi connectivity index (χ1) is 11.2. The van der Waals surface area contributed by atoms with Crippen LogP contribution in [0.5, 0.6) is 0 Å². The summed E-state index contributed by atoms with van der Waals surface area (Å²) < 4.78 is 0. The van der Waals surface area contributed by atoms with Crippen molar-refractivity contribution in [3.8, 4) is 0 Å². The van der Waals surface area contributed by atoms with Gasteiger partial charge in [0.15, 0.2) is 0 Å². The Kier molecular flexibility index (Phi) is 4.77. The maximum absolute atomic E-state index is 2.31. The minimum atomic E-state index is 0.659. The molecular formula is C22H23N. The van der Waals surface area contributed by atoms with Crippen molar-refractivity contribution in [2.45, 2.75) is 20.3 Å². The van der Waals surface area contributed by atoms with E-state index in [1.54, 1.807) is 0 Å². The summed E-state index contributed by atoms with van der Waals surface area (Å²) in [6, 6.07) is 29.9. The van der Waals surface area contributed by atoms with E-state index in [4.69, 9.17) is 0 Å². The van der Waals surface area contributed by atoms with Crippen molar-refractivity contribution >= 4 is 17.1 Å². The number of rotatable bonds is 5. The molecule has 0 N–H and O–H groups in total. The van der Waals surface area contributed by atoms with Crippen LogP contribution in [0.1, 0.15) is 19.4 Å². The van der Waals surface area contributed by atoms with E-state index in [0.717, 1.165) is 6.42 Å². The average molecular weight is 301 g/mol. The molecule has 3 aromatic carbocycles. The van der Waals surface area contributed by atoms with Gasteiger partial charge in [-0.05, 0) is 54.3 Å². The topological polar surface area (TPSA) is 3.24 Å². The van der Waals surface area contributed by atoms with Gasteiger partial charge in [-0.25, -0.2) is 0 Å². The van der Waals surface area contributed by atoms with Gasteiger partial charge in [0.1, 0.15) is 0 Å². The van der Waals surface area contributed by atoms with E-state index in [9.17, 15) is 0 Å². The smallest absolute Gasteiger partial charge is 0.0464 e. The molecule has 0 aliphatic rings. The molecule has 0 radical (unpaired) electrons. The van der Waals surface area contributed by atoms with Crippen molar-refractivity contribution in [2.75, 3.05) is 4.90 Å². The van der Waals surface area contributed by atoms with Gasteiger partial charge in [-0.15, -0.1) is 0 Å². The van der Waals surface area contributed by atoms with Crippen LogP contribution in [-0.4, -0.2) is 0 Å². The van der Waals surface area contributed by atoms with Gasteiger partial charge in [0.25, 0.3) is 0 Å². The molecule has 0 atom stereocenters. The Hall–Kier alpha value is -2.54. The number of benzene rings is 3. The van der Waals surface area contributed by atoms with Crippen molar-refractivity contribution in [3.05, 3.63) is 90.5 Å². The third kappa shape index (κ3) is 3.81. The molecule has 0 spiro atoms. The van der Waals surface area contributed by atoms with Crippen LogP contribution in [0.4, 0.5) is 17.1 Å². The lowest BCUT2D eigenvalue weighted by Gasteiger charge is -2.26.